The number of rotatable bonds is 5. The van der Waals surface area contributed by atoms with Gasteiger partial charge in [0.1, 0.15) is 0 Å². The fourth-order valence-corrected chi connectivity index (χ4v) is 2.65. The predicted octanol–water partition coefficient (Wildman–Crippen LogP) is 2.52. The lowest BCUT2D eigenvalue weighted by Gasteiger charge is -2.34. The van der Waals surface area contributed by atoms with Gasteiger partial charge in [-0.2, -0.15) is 0 Å². The summed E-state index contributed by atoms with van der Waals surface area (Å²) in [6, 6.07) is 0.0475. The molecule has 3 nitrogen and oxygen atoms in total. The fraction of sp³-hybridized carbons (Fsp3) is 0.933. The molecule has 2 atom stereocenters. The van der Waals surface area contributed by atoms with Gasteiger partial charge in [0.15, 0.2) is 0 Å². The van der Waals surface area contributed by atoms with E-state index in [1.54, 1.807) is 0 Å². The summed E-state index contributed by atoms with van der Waals surface area (Å²) >= 11 is 0. The van der Waals surface area contributed by atoms with Gasteiger partial charge in [-0.15, -0.1) is 0 Å². The summed E-state index contributed by atoms with van der Waals surface area (Å²) in [5.41, 5.74) is 0. The smallest absolute Gasteiger partial charge is 0.239 e. The Morgan fingerprint density at radius 1 is 1.22 bits per heavy atom. The maximum absolute atomic E-state index is 12.6. The second kappa shape index (κ2) is 7.13. The number of carbonyl (C=O) groups is 1. The number of hydrogen-bond acceptors (Lipinski definition) is 2. The van der Waals surface area contributed by atoms with Crippen LogP contribution in [0.4, 0.5) is 0 Å². The summed E-state index contributed by atoms with van der Waals surface area (Å²) in [7, 11) is 0. The number of hydrogen-bond donors (Lipinski definition) is 1. The van der Waals surface area contributed by atoms with Crippen molar-refractivity contribution < 1.29 is 4.79 Å². The average molecular weight is 254 g/mol. The molecule has 0 bridgehead atoms. The van der Waals surface area contributed by atoms with Gasteiger partial charge in [0.25, 0.3) is 0 Å². The van der Waals surface area contributed by atoms with Crippen molar-refractivity contribution in [3.05, 3.63) is 0 Å². The first kappa shape index (κ1) is 15.5. The number of carbonyl (C=O) groups excluding carboxylic acids is 1. The Labute approximate surface area is 112 Å². The molecule has 1 saturated heterocycles. The molecule has 106 valence electrons. The molecule has 0 aromatic heterocycles. The molecule has 1 fully saturated rings. The third-order valence-electron chi connectivity index (χ3n) is 3.45. The van der Waals surface area contributed by atoms with E-state index in [-0.39, 0.29) is 6.04 Å². The van der Waals surface area contributed by atoms with E-state index in [1.807, 2.05) is 0 Å². The Kier molecular flexibility index (Phi) is 6.13. The minimum absolute atomic E-state index is 0.0475. The molecule has 0 aromatic carbocycles. The molecular weight excluding hydrogens is 224 g/mol. The molecule has 3 heteroatoms. The zero-order valence-electron chi connectivity index (χ0n) is 12.7. The van der Waals surface area contributed by atoms with Gasteiger partial charge < -0.3 is 10.2 Å². The Morgan fingerprint density at radius 2 is 1.78 bits per heavy atom. The van der Waals surface area contributed by atoms with Crippen molar-refractivity contribution in [1.82, 2.24) is 10.2 Å². The molecule has 1 heterocycles. The van der Waals surface area contributed by atoms with E-state index in [4.69, 9.17) is 0 Å². The van der Waals surface area contributed by atoms with Crippen LogP contribution >= 0.6 is 0 Å². The first-order valence-electron chi connectivity index (χ1n) is 7.42. The molecule has 18 heavy (non-hydrogen) atoms. The lowest BCUT2D eigenvalue weighted by molar-refractivity contribution is -0.135. The highest BCUT2D eigenvalue weighted by atomic mass is 16.2. The minimum Gasteiger partial charge on any atom is -0.341 e. The topological polar surface area (TPSA) is 32.3 Å². The van der Waals surface area contributed by atoms with E-state index < -0.39 is 0 Å². The van der Waals surface area contributed by atoms with Gasteiger partial charge in [0.2, 0.25) is 5.91 Å². The van der Waals surface area contributed by atoms with Crippen LogP contribution in [0.25, 0.3) is 0 Å². The molecule has 1 N–H and O–H groups in total. The maximum atomic E-state index is 12.6. The SMILES string of the molecule is CC(C)CN(CC(C)C)C(=O)C1CC(C)CCN1. The summed E-state index contributed by atoms with van der Waals surface area (Å²) < 4.78 is 0. The molecule has 0 spiro atoms. The number of nitrogens with one attached hydrogen (secondary N) is 1. The van der Waals surface area contributed by atoms with Crippen LogP contribution in [0.1, 0.15) is 47.5 Å². The second-order valence-electron chi connectivity index (χ2n) is 6.67. The maximum Gasteiger partial charge on any atom is 0.239 e. The quantitative estimate of drug-likeness (QED) is 0.817. The van der Waals surface area contributed by atoms with Gasteiger partial charge in [-0.25, -0.2) is 0 Å². The first-order valence-corrected chi connectivity index (χ1v) is 7.42. The van der Waals surface area contributed by atoms with Gasteiger partial charge in [0.05, 0.1) is 6.04 Å². The summed E-state index contributed by atoms with van der Waals surface area (Å²) in [4.78, 5) is 14.6. The molecule has 1 aliphatic heterocycles. The Hall–Kier alpha value is -0.570. The predicted molar refractivity (Wildman–Crippen MR) is 76.4 cm³/mol. The molecular formula is C15H30N2O. The van der Waals surface area contributed by atoms with Crippen molar-refractivity contribution in [3.8, 4) is 0 Å². The van der Waals surface area contributed by atoms with Crippen LogP contribution in [0.3, 0.4) is 0 Å². The third-order valence-corrected chi connectivity index (χ3v) is 3.45. The summed E-state index contributed by atoms with van der Waals surface area (Å²) in [5.74, 6) is 2.05. The molecule has 1 aliphatic rings. The van der Waals surface area contributed by atoms with Gasteiger partial charge in [-0.3, -0.25) is 4.79 Å². The van der Waals surface area contributed by atoms with Crippen molar-refractivity contribution in [2.45, 2.75) is 53.5 Å². The van der Waals surface area contributed by atoms with Gasteiger partial charge in [-0.1, -0.05) is 34.6 Å². The standard InChI is InChI=1S/C15H30N2O/c1-11(2)9-17(10-12(3)4)15(18)14-8-13(5)6-7-16-14/h11-14,16H,6-10H2,1-5H3. The van der Waals surface area contributed by atoms with Crippen LogP contribution in [-0.2, 0) is 4.79 Å². The largest absolute Gasteiger partial charge is 0.341 e. The Morgan fingerprint density at radius 3 is 2.22 bits per heavy atom. The highest BCUT2D eigenvalue weighted by Gasteiger charge is 2.28. The molecule has 2 unspecified atom stereocenters. The Balaban J connectivity index is 2.62. The lowest BCUT2D eigenvalue weighted by atomic mass is 9.93. The molecule has 0 aromatic rings. The fourth-order valence-electron chi connectivity index (χ4n) is 2.65. The zero-order chi connectivity index (χ0) is 13.7. The average Bonchev–Trinajstić information content (AvgIpc) is 2.26. The van der Waals surface area contributed by atoms with Gasteiger partial charge in [0, 0.05) is 13.1 Å². The highest BCUT2D eigenvalue weighted by molar-refractivity contribution is 5.82. The normalized spacial score (nSPS) is 24.6. The van der Waals surface area contributed by atoms with Crippen LogP contribution in [0.2, 0.25) is 0 Å². The van der Waals surface area contributed by atoms with E-state index in [0.717, 1.165) is 26.1 Å². The van der Waals surface area contributed by atoms with E-state index in [9.17, 15) is 4.79 Å². The van der Waals surface area contributed by atoms with Crippen LogP contribution in [0.15, 0.2) is 0 Å². The van der Waals surface area contributed by atoms with Crippen LogP contribution in [-0.4, -0.2) is 36.5 Å². The highest BCUT2D eigenvalue weighted by Crippen LogP contribution is 2.17. The summed E-state index contributed by atoms with van der Waals surface area (Å²) in [6.07, 6.45) is 2.18. The van der Waals surface area contributed by atoms with E-state index in [1.165, 1.54) is 6.42 Å². The summed E-state index contributed by atoms with van der Waals surface area (Å²) in [6.45, 7) is 13.7. The minimum atomic E-state index is 0.0475. The van der Waals surface area contributed by atoms with E-state index in [2.05, 4.69) is 44.8 Å². The van der Waals surface area contributed by atoms with Gasteiger partial charge >= 0.3 is 0 Å². The zero-order valence-corrected chi connectivity index (χ0v) is 12.7. The monoisotopic (exact) mass is 254 g/mol. The van der Waals surface area contributed by atoms with E-state index in [0.29, 0.717) is 23.7 Å². The van der Waals surface area contributed by atoms with Crippen molar-refractivity contribution >= 4 is 5.91 Å². The first-order chi connectivity index (χ1) is 8.40. The number of piperidine rings is 1. The molecule has 0 radical (unpaired) electrons. The molecule has 1 rings (SSSR count). The lowest BCUT2D eigenvalue weighted by Crippen LogP contribution is -2.51. The third kappa shape index (κ3) is 4.97. The number of amides is 1. The van der Waals surface area contributed by atoms with Crippen molar-refractivity contribution in [2.24, 2.45) is 17.8 Å². The second-order valence-corrected chi connectivity index (χ2v) is 6.67. The molecule has 1 amide bonds. The molecule has 0 aliphatic carbocycles. The van der Waals surface area contributed by atoms with Crippen molar-refractivity contribution in [1.29, 1.82) is 0 Å². The number of nitrogens with zero attached hydrogens (tertiary/aromatic N) is 1. The Bertz CT molecular complexity index is 253. The van der Waals surface area contributed by atoms with Crippen LogP contribution in [0, 0.1) is 17.8 Å². The van der Waals surface area contributed by atoms with Crippen LogP contribution < -0.4 is 5.32 Å². The summed E-state index contributed by atoms with van der Waals surface area (Å²) in [5, 5.41) is 3.39. The molecule has 0 saturated carbocycles. The van der Waals surface area contributed by atoms with Crippen molar-refractivity contribution in [2.75, 3.05) is 19.6 Å². The van der Waals surface area contributed by atoms with Gasteiger partial charge in [-0.05, 0) is 37.1 Å². The van der Waals surface area contributed by atoms with E-state index >= 15 is 0 Å². The van der Waals surface area contributed by atoms with Crippen LogP contribution in [0.5, 0.6) is 0 Å². The van der Waals surface area contributed by atoms with Crippen molar-refractivity contribution in [3.63, 3.8) is 0 Å².